The predicted octanol–water partition coefficient (Wildman–Crippen LogP) is 2.26. The summed E-state index contributed by atoms with van der Waals surface area (Å²) >= 11 is 3.39. The highest BCUT2D eigenvalue weighted by molar-refractivity contribution is 9.10. The van der Waals surface area contributed by atoms with Crippen LogP contribution in [-0.4, -0.2) is 43.3 Å². The molecule has 0 fully saturated rings. The van der Waals surface area contributed by atoms with Gasteiger partial charge in [-0.25, -0.2) is 13.9 Å². The second kappa shape index (κ2) is 8.75. The van der Waals surface area contributed by atoms with Gasteiger partial charge in [0.05, 0.1) is 16.6 Å². The van der Waals surface area contributed by atoms with E-state index in [9.17, 15) is 18.0 Å². The fraction of sp³-hybridized carbons (Fsp3) is 0.300. The van der Waals surface area contributed by atoms with Crippen LogP contribution in [0.2, 0.25) is 0 Å². The van der Waals surface area contributed by atoms with Crippen molar-refractivity contribution in [2.24, 2.45) is 0 Å². The van der Waals surface area contributed by atoms with Gasteiger partial charge in [-0.3, -0.25) is 14.8 Å². The number of benzene rings is 2. The first-order valence-corrected chi connectivity index (χ1v) is 11.7. The number of sulfone groups is 1. The monoisotopic (exact) mass is 495 g/mol. The summed E-state index contributed by atoms with van der Waals surface area (Å²) in [6, 6.07) is 11.1. The molecule has 2 aromatic rings. The predicted molar refractivity (Wildman–Crippen MR) is 115 cm³/mol. The molecular formula is C20H22BrN3O5S. The third kappa shape index (κ3) is 4.07. The minimum absolute atomic E-state index is 0.0420. The van der Waals surface area contributed by atoms with Crippen molar-refractivity contribution in [2.75, 3.05) is 11.4 Å². The molecule has 2 aromatic carbocycles. The Morgan fingerprint density at radius 2 is 1.93 bits per heavy atom. The highest BCUT2D eigenvalue weighted by Gasteiger charge is 2.46. The van der Waals surface area contributed by atoms with Crippen molar-refractivity contribution in [1.82, 2.24) is 10.8 Å². The van der Waals surface area contributed by atoms with Crippen LogP contribution >= 0.6 is 15.9 Å². The molecule has 0 spiro atoms. The largest absolute Gasteiger partial charge is 0.366 e. The molecule has 0 aromatic heterocycles. The lowest BCUT2D eigenvalue weighted by atomic mass is 10.1. The van der Waals surface area contributed by atoms with Gasteiger partial charge in [-0.2, -0.15) is 0 Å². The molecule has 2 unspecified atom stereocenters. The SMILES string of the molecule is CCN1c2cc(C(=O)NCc3cccc(Br)c3)ccc2S(=O)(=O)C(C(=O)NO)C1C. The summed E-state index contributed by atoms with van der Waals surface area (Å²) < 4.78 is 26.9. The van der Waals surface area contributed by atoms with Crippen LogP contribution in [0, 0.1) is 0 Å². The lowest BCUT2D eigenvalue weighted by Crippen LogP contribution is -2.56. The van der Waals surface area contributed by atoms with E-state index < -0.39 is 27.0 Å². The van der Waals surface area contributed by atoms with Crippen molar-refractivity contribution < 1.29 is 23.2 Å². The second-order valence-corrected chi connectivity index (χ2v) is 9.92. The maximum Gasteiger partial charge on any atom is 0.264 e. The summed E-state index contributed by atoms with van der Waals surface area (Å²) in [4.78, 5) is 26.4. The molecule has 1 aliphatic heterocycles. The van der Waals surface area contributed by atoms with Crippen LogP contribution in [0.3, 0.4) is 0 Å². The Morgan fingerprint density at radius 3 is 2.57 bits per heavy atom. The number of nitrogens with zero attached hydrogens (tertiary/aromatic N) is 1. The standard InChI is InChI=1S/C20H22BrN3O5S/c1-3-24-12(2)18(20(26)23-27)30(28,29)17-8-7-14(10-16(17)24)19(25)22-11-13-5-4-6-15(21)9-13/h4-10,12,18,27H,3,11H2,1-2H3,(H,22,25)(H,23,26). The molecule has 0 bridgehead atoms. The molecule has 160 valence electrons. The Morgan fingerprint density at radius 1 is 1.20 bits per heavy atom. The van der Waals surface area contributed by atoms with E-state index in [4.69, 9.17) is 5.21 Å². The number of rotatable bonds is 5. The van der Waals surface area contributed by atoms with Crippen molar-refractivity contribution in [3.63, 3.8) is 0 Å². The summed E-state index contributed by atoms with van der Waals surface area (Å²) in [5, 5.41) is 10.4. The smallest absolute Gasteiger partial charge is 0.264 e. The number of fused-ring (bicyclic) bond motifs is 1. The number of amides is 2. The van der Waals surface area contributed by atoms with E-state index in [1.54, 1.807) is 11.8 Å². The van der Waals surface area contributed by atoms with Gasteiger partial charge in [0.1, 0.15) is 0 Å². The highest BCUT2D eigenvalue weighted by atomic mass is 79.9. The molecule has 0 saturated heterocycles. The van der Waals surface area contributed by atoms with Crippen LogP contribution in [-0.2, 0) is 21.2 Å². The number of nitrogens with one attached hydrogen (secondary N) is 2. The molecule has 3 rings (SSSR count). The Balaban J connectivity index is 1.93. The molecule has 2 amide bonds. The minimum Gasteiger partial charge on any atom is -0.366 e. The van der Waals surface area contributed by atoms with E-state index in [2.05, 4.69) is 21.2 Å². The summed E-state index contributed by atoms with van der Waals surface area (Å²) in [6.45, 7) is 4.17. The summed E-state index contributed by atoms with van der Waals surface area (Å²) in [5.74, 6) is -1.32. The van der Waals surface area contributed by atoms with E-state index in [1.807, 2.05) is 31.2 Å². The van der Waals surface area contributed by atoms with Gasteiger partial charge in [-0.15, -0.1) is 0 Å². The van der Waals surface area contributed by atoms with E-state index in [0.29, 0.717) is 24.3 Å². The molecule has 0 aliphatic carbocycles. The number of hydrogen-bond acceptors (Lipinski definition) is 6. The highest BCUT2D eigenvalue weighted by Crippen LogP contribution is 2.38. The van der Waals surface area contributed by atoms with Gasteiger partial charge in [0, 0.05) is 23.1 Å². The maximum absolute atomic E-state index is 13.0. The average molecular weight is 496 g/mol. The number of anilines is 1. The molecule has 3 N–H and O–H groups in total. The Labute approximate surface area is 183 Å². The van der Waals surface area contributed by atoms with Crippen molar-refractivity contribution >= 4 is 43.3 Å². The maximum atomic E-state index is 13.0. The zero-order valence-electron chi connectivity index (χ0n) is 16.4. The fourth-order valence-corrected chi connectivity index (χ4v) is 6.16. The summed E-state index contributed by atoms with van der Waals surface area (Å²) in [7, 11) is -4.04. The zero-order valence-corrected chi connectivity index (χ0v) is 18.8. The van der Waals surface area contributed by atoms with E-state index in [0.717, 1.165) is 10.0 Å². The number of carbonyl (C=O) groups is 2. The number of hydrogen-bond donors (Lipinski definition) is 3. The number of halogens is 1. The van der Waals surface area contributed by atoms with Gasteiger partial charge in [-0.1, -0.05) is 28.1 Å². The molecule has 30 heavy (non-hydrogen) atoms. The van der Waals surface area contributed by atoms with Gasteiger partial charge in [0.2, 0.25) is 0 Å². The average Bonchev–Trinajstić information content (AvgIpc) is 2.71. The van der Waals surface area contributed by atoms with Gasteiger partial charge < -0.3 is 10.2 Å². The molecule has 0 radical (unpaired) electrons. The van der Waals surface area contributed by atoms with Gasteiger partial charge >= 0.3 is 0 Å². The minimum atomic E-state index is -4.04. The van der Waals surface area contributed by atoms with Crippen molar-refractivity contribution in [3.8, 4) is 0 Å². The lowest BCUT2D eigenvalue weighted by Gasteiger charge is -2.40. The Hall–Kier alpha value is -2.43. The van der Waals surface area contributed by atoms with Gasteiger partial charge in [-0.05, 0) is 49.7 Å². The van der Waals surface area contributed by atoms with Crippen LogP contribution in [0.5, 0.6) is 0 Å². The van der Waals surface area contributed by atoms with Gasteiger partial charge in [0.25, 0.3) is 11.8 Å². The Bertz CT molecular complexity index is 1090. The zero-order chi connectivity index (χ0) is 22.1. The quantitative estimate of drug-likeness (QED) is 0.432. The Kier molecular flexibility index (Phi) is 6.49. The topological polar surface area (TPSA) is 116 Å². The van der Waals surface area contributed by atoms with Crippen LogP contribution in [0.25, 0.3) is 0 Å². The van der Waals surface area contributed by atoms with Crippen LogP contribution in [0.4, 0.5) is 5.69 Å². The molecule has 1 heterocycles. The number of carbonyl (C=O) groups excluding carboxylic acids is 2. The lowest BCUT2D eigenvalue weighted by molar-refractivity contribution is -0.129. The third-order valence-electron chi connectivity index (χ3n) is 5.15. The van der Waals surface area contributed by atoms with E-state index in [-0.39, 0.29) is 10.8 Å². The molecule has 1 aliphatic rings. The van der Waals surface area contributed by atoms with Crippen molar-refractivity contribution in [3.05, 3.63) is 58.1 Å². The normalized spacial score (nSPS) is 19.7. The first-order valence-electron chi connectivity index (χ1n) is 9.32. The fourth-order valence-electron chi connectivity index (χ4n) is 3.72. The van der Waals surface area contributed by atoms with Crippen molar-refractivity contribution in [2.45, 2.75) is 36.6 Å². The third-order valence-corrected chi connectivity index (χ3v) is 7.88. The first kappa shape index (κ1) is 22.3. The first-order chi connectivity index (χ1) is 14.2. The molecule has 0 saturated carbocycles. The van der Waals surface area contributed by atoms with Crippen LogP contribution in [0.1, 0.15) is 29.8 Å². The summed E-state index contributed by atoms with van der Waals surface area (Å²) in [6.07, 6.45) is 0. The van der Waals surface area contributed by atoms with Crippen LogP contribution < -0.4 is 15.7 Å². The molecule has 10 heteroatoms. The molecular weight excluding hydrogens is 474 g/mol. The van der Waals surface area contributed by atoms with Crippen molar-refractivity contribution in [1.29, 1.82) is 0 Å². The second-order valence-electron chi connectivity index (χ2n) is 6.96. The van der Waals surface area contributed by atoms with E-state index in [1.165, 1.54) is 23.7 Å². The number of hydroxylamine groups is 1. The van der Waals surface area contributed by atoms with Crippen LogP contribution in [0.15, 0.2) is 51.8 Å². The summed E-state index contributed by atoms with van der Waals surface area (Å²) in [5.41, 5.74) is 3.04. The van der Waals surface area contributed by atoms with E-state index >= 15 is 0 Å². The molecule has 2 atom stereocenters. The molecule has 8 nitrogen and oxygen atoms in total. The van der Waals surface area contributed by atoms with Gasteiger partial charge in [0.15, 0.2) is 15.1 Å².